The summed E-state index contributed by atoms with van der Waals surface area (Å²) in [5.74, 6) is 1.78. The van der Waals surface area contributed by atoms with E-state index in [9.17, 15) is 0 Å². The average molecular weight is 225 g/mol. The molecule has 0 aromatic carbocycles. The number of nitrogens with one attached hydrogen (secondary N) is 1. The van der Waals surface area contributed by atoms with Crippen molar-refractivity contribution in [2.45, 2.75) is 64.5 Å². The monoisotopic (exact) mass is 225 g/mol. The molecule has 0 amide bonds. The lowest BCUT2D eigenvalue weighted by Gasteiger charge is -2.33. The predicted octanol–water partition coefficient (Wildman–Crippen LogP) is 2.97. The molecule has 1 heterocycles. The van der Waals surface area contributed by atoms with Gasteiger partial charge in [-0.3, -0.25) is 0 Å². The van der Waals surface area contributed by atoms with Gasteiger partial charge < -0.3 is 10.1 Å². The number of hydrogen-bond donors (Lipinski definition) is 1. The van der Waals surface area contributed by atoms with Gasteiger partial charge in [0.25, 0.3) is 0 Å². The summed E-state index contributed by atoms with van der Waals surface area (Å²) < 4.78 is 5.65. The van der Waals surface area contributed by atoms with Crippen LogP contribution in [0.5, 0.6) is 0 Å². The van der Waals surface area contributed by atoms with Crippen LogP contribution in [0.15, 0.2) is 0 Å². The molecule has 1 aliphatic carbocycles. The molecule has 4 atom stereocenters. The SMILES string of the molecule is CC1CCC(C)C(NCCC2CCCO2)C1. The Morgan fingerprint density at radius 1 is 1.19 bits per heavy atom. The van der Waals surface area contributed by atoms with Crippen molar-refractivity contribution >= 4 is 0 Å². The van der Waals surface area contributed by atoms with E-state index in [0.717, 1.165) is 31.0 Å². The predicted molar refractivity (Wildman–Crippen MR) is 67.6 cm³/mol. The Hall–Kier alpha value is -0.0800. The maximum absolute atomic E-state index is 5.65. The molecule has 0 aromatic rings. The third-order valence-electron chi connectivity index (χ3n) is 4.35. The molecule has 0 spiro atoms. The fourth-order valence-electron chi connectivity index (χ4n) is 3.12. The van der Waals surface area contributed by atoms with Gasteiger partial charge in [0.15, 0.2) is 0 Å². The second-order valence-corrected chi connectivity index (χ2v) is 5.88. The number of rotatable bonds is 4. The molecule has 0 bridgehead atoms. The van der Waals surface area contributed by atoms with Crippen LogP contribution in [0.2, 0.25) is 0 Å². The van der Waals surface area contributed by atoms with E-state index in [1.165, 1.54) is 38.5 Å². The lowest BCUT2D eigenvalue weighted by molar-refractivity contribution is 0.101. The zero-order valence-electron chi connectivity index (χ0n) is 10.9. The highest BCUT2D eigenvalue weighted by atomic mass is 16.5. The first kappa shape index (κ1) is 12.4. The quantitative estimate of drug-likeness (QED) is 0.794. The van der Waals surface area contributed by atoms with E-state index in [4.69, 9.17) is 4.74 Å². The molecule has 2 rings (SSSR count). The van der Waals surface area contributed by atoms with Gasteiger partial charge in [-0.05, 0) is 50.5 Å². The number of ether oxygens (including phenoxy) is 1. The van der Waals surface area contributed by atoms with Gasteiger partial charge >= 0.3 is 0 Å². The summed E-state index contributed by atoms with van der Waals surface area (Å²) >= 11 is 0. The van der Waals surface area contributed by atoms with Crippen molar-refractivity contribution in [1.29, 1.82) is 0 Å². The number of hydrogen-bond acceptors (Lipinski definition) is 2. The average Bonchev–Trinajstić information content (AvgIpc) is 2.76. The van der Waals surface area contributed by atoms with Crippen molar-refractivity contribution in [3.05, 3.63) is 0 Å². The summed E-state index contributed by atoms with van der Waals surface area (Å²) in [6.07, 6.45) is 8.48. The second kappa shape index (κ2) is 6.02. The van der Waals surface area contributed by atoms with Gasteiger partial charge in [0, 0.05) is 12.6 Å². The fourth-order valence-corrected chi connectivity index (χ4v) is 3.12. The first-order valence-corrected chi connectivity index (χ1v) is 7.10. The van der Waals surface area contributed by atoms with Crippen LogP contribution in [0.1, 0.15) is 52.4 Å². The van der Waals surface area contributed by atoms with Crippen LogP contribution in [0.25, 0.3) is 0 Å². The van der Waals surface area contributed by atoms with Crippen LogP contribution in [0.4, 0.5) is 0 Å². The first-order valence-electron chi connectivity index (χ1n) is 7.10. The van der Waals surface area contributed by atoms with E-state index in [2.05, 4.69) is 19.2 Å². The molecule has 1 saturated heterocycles. The smallest absolute Gasteiger partial charge is 0.0588 e. The molecule has 2 nitrogen and oxygen atoms in total. The first-order chi connectivity index (χ1) is 7.75. The summed E-state index contributed by atoms with van der Waals surface area (Å²) in [4.78, 5) is 0. The van der Waals surface area contributed by atoms with Gasteiger partial charge in [-0.1, -0.05) is 20.3 Å². The Morgan fingerprint density at radius 2 is 2.06 bits per heavy atom. The molecule has 2 heteroatoms. The minimum Gasteiger partial charge on any atom is -0.378 e. The molecular formula is C14H27NO. The summed E-state index contributed by atoms with van der Waals surface area (Å²) in [5.41, 5.74) is 0. The van der Waals surface area contributed by atoms with Crippen LogP contribution < -0.4 is 5.32 Å². The molecule has 1 aliphatic heterocycles. The zero-order valence-corrected chi connectivity index (χ0v) is 10.9. The standard InChI is InChI=1S/C14H27NO/c1-11-5-6-12(2)14(10-11)15-8-7-13-4-3-9-16-13/h11-15H,3-10H2,1-2H3. The Morgan fingerprint density at radius 3 is 2.81 bits per heavy atom. The highest BCUT2D eigenvalue weighted by Crippen LogP contribution is 2.28. The Bertz CT molecular complexity index is 201. The van der Waals surface area contributed by atoms with Crippen molar-refractivity contribution in [2.75, 3.05) is 13.2 Å². The van der Waals surface area contributed by atoms with E-state index >= 15 is 0 Å². The molecule has 2 aliphatic rings. The molecular weight excluding hydrogens is 198 g/mol. The molecule has 2 fully saturated rings. The topological polar surface area (TPSA) is 21.3 Å². The summed E-state index contributed by atoms with van der Waals surface area (Å²) in [6, 6.07) is 0.755. The summed E-state index contributed by atoms with van der Waals surface area (Å²) in [6.45, 7) is 6.92. The largest absolute Gasteiger partial charge is 0.378 e. The van der Waals surface area contributed by atoms with Crippen molar-refractivity contribution < 1.29 is 4.74 Å². The molecule has 16 heavy (non-hydrogen) atoms. The van der Waals surface area contributed by atoms with Crippen molar-refractivity contribution in [3.63, 3.8) is 0 Å². The molecule has 0 aromatic heterocycles. The lowest BCUT2D eigenvalue weighted by Crippen LogP contribution is -2.40. The Labute approximate surface area is 100 Å². The van der Waals surface area contributed by atoms with Gasteiger partial charge in [0.1, 0.15) is 0 Å². The third kappa shape index (κ3) is 3.46. The van der Waals surface area contributed by atoms with E-state index < -0.39 is 0 Å². The van der Waals surface area contributed by atoms with Gasteiger partial charge in [-0.2, -0.15) is 0 Å². The minimum atomic E-state index is 0.545. The molecule has 94 valence electrons. The molecule has 1 N–H and O–H groups in total. The maximum atomic E-state index is 5.65. The Balaban J connectivity index is 1.63. The molecule has 1 saturated carbocycles. The highest BCUT2D eigenvalue weighted by Gasteiger charge is 2.25. The van der Waals surface area contributed by atoms with Crippen LogP contribution in [-0.2, 0) is 4.74 Å². The maximum Gasteiger partial charge on any atom is 0.0588 e. The van der Waals surface area contributed by atoms with Gasteiger partial charge in [0.05, 0.1) is 6.10 Å². The van der Waals surface area contributed by atoms with Gasteiger partial charge in [-0.15, -0.1) is 0 Å². The fraction of sp³-hybridized carbons (Fsp3) is 1.00. The zero-order chi connectivity index (χ0) is 11.4. The lowest BCUT2D eigenvalue weighted by atomic mass is 9.80. The minimum absolute atomic E-state index is 0.545. The van der Waals surface area contributed by atoms with Crippen molar-refractivity contribution in [1.82, 2.24) is 5.32 Å². The highest BCUT2D eigenvalue weighted by molar-refractivity contribution is 4.81. The molecule has 4 unspecified atom stereocenters. The van der Waals surface area contributed by atoms with E-state index in [1.807, 2.05) is 0 Å². The summed E-state index contributed by atoms with van der Waals surface area (Å²) in [5, 5.41) is 3.75. The van der Waals surface area contributed by atoms with Crippen LogP contribution in [0.3, 0.4) is 0 Å². The van der Waals surface area contributed by atoms with Gasteiger partial charge in [0.2, 0.25) is 0 Å². The van der Waals surface area contributed by atoms with Gasteiger partial charge in [-0.25, -0.2) is 0 Å². The van der Waals surface area contributed by atoms with E-state index in [0.29, 0.717) is 6.10 Å². The van der Waals surface area contributed by atoms with Crippen LogP contribution in [-0.4, -0.2) is 25.3 Å². The van der Waals surface area contributed by atoms with E-state index in [1.54, 1.807) is 0 Å². The third-order valence-corrected chi connectivity index (χ3v) is 4.35. The normalized spacial score (nSPS) is 40.1. The second-order valence-electron chi connectivity index (χ2n) is 5.88. The van der Waals surface area contributed by atoms with Crippen LogP contribution in [0, 0.1) is 11.8 Å². The summed E-state index contributed by atoms with van der Waals surface area (Å²) in [7, 11) is 0. The molecule has 0 radical (unpaired) electrons. The van der Waals surface area contributed by atoms with Crippen molar-refractivity contribution in [3.8, 4) is 0 Å². The van der Waals surface area contributed by atoms with Crippen molar-refractivity contribution in [2.24, 2.45) is 11.8 Å². The van der Waals surface area contributed by atoms with Crippen LogP contribution >= 0.6 is 0 Å². The van der Waals surface area contributed by atoms with E-state index in [-0.39, 0.29) is 0 Å². The Kier molecular flexibility index (Phi) is 4.66.